The second-order valence-corrected chi connectivity index (χ2v) is 9.22. The third-order valence-electron chi connectivity index (χ3n) is 8.23. The molecule has 0 radical (unpaired) electrons. The summed E-state index contributed by atoms with van der Waals surface area (Å²) in [4.78, 5) is 0. The van der Waals surface area contributed by atoms with E-state index in [1.54, 1.807) is 0 Å². The largest absolute Gasteiger partial charge is 0.350 e. The van der Waals surface area contributed by atoms with Crippen LogP contribution in [0.2, 0.25) is 0 Å². The van der Waals surface area contributed by atoms with Crippen molar-refractivity contribution >= 4 is 10.9 Å². The SMILES string of the molecule is Cn1cc(C2CC3C(NN2)[C@@]2(C)CC[C@H]3C2(C)C)c2ccccc21. The van der Waals surface area contributed by atoms with E-state index in [1.165, 1.54) is 35.7 Å². The molecule has 2 N–H and O–H groups in total. The van der Waals surface area contributed by atoms with Crippen LogP contribution in [-0.4, -0.2) is 10.6 Å². The van der Waals surface area contributed by atoms with Gasteiger partial charge in [-0.15, -0.1) is 0 Å². The Balaban J connectivity index is 1.51. The maximum Gasteiger partial charge on any atom is 0.0487 e. The highest BCUT2D eigenvalue weighted by Gasteiger charge is 2.66. The summed E-state index contributed by atoms with van der Waals surface area (Å²) < 4.78 is 2.27. The molecule has 24 heavy (non-hydrogen) atoms. The summed E-state index contributed by atoms with van der Waals surface area (Å²) in [6.45, 7) is 7.54. The van der Waals surface area contributed by atoms with Gasteiger partial charge in [-0.25, -0.2) is 5.43 Å². The molecular weight excluding hydrogens is 294 g/mol. The van der Waals surface area contributed by atoms with Gasteiger partial charge in [0.15, 0.2) is 0 Å². The van der Waals surface area contributed by atoms with E-state index in [0.29, 0.717) is 22.9 Å². The zero-order chi connectivity index (χ0) is 16.7. The molecule has 2 saturated carbocycles. The first kappa shape index (κ1) is 15.0. The maximum atomic E-state index is 3.77. The smallest absolute Gasteiger partial charge is 0.0487 e. The molecule has 3 nitrogen and oxygen atoms in total. The van der Waals surface area contributed by atoms with E-state index in [0.717, 1.165) is 11.8 Å². The number of para-hydroxylation sites is 1. The van der Waals surface area contributed by atoms with E-state index < -0.39 is 0 Å². The zero-order valence-electron chi connectivity index (χ0n) is 15.3. The molecule has 2 heterocycles. The number of aromatic nitrogens is 1. The fourth-order valence-electron chi connectivity index (χ4n) is 6.52. The monoisotopic (exact) mass is 323 g/mol. The minimum absolute atomic E-state index is 0.413. The Kier molecular flexibility index (Phi) is 2.90. The standard InChI is InChI=1S/C21H29N3/c1-20(2)16-9-10-21(20,3)19-14(16)11-17(22-23-19)15-12-24(4)18-8-6-5-7-13(15)18/h5-8,12,14,16-17,19,22-23H,9-11H2,1-4H3/t14?,16-,17?,19?,21-/m1/s1. The first-order valence-electron chi connectivity index (χ1n) is 9.48. The van der Waals surface area contributed by atoms with Crippen LogP contribution in [-0.2, 0) is 7.05 Å². The van der Waals surface area contributed by atoms with Gasteiger partial charge in [0.05, 0.1) is 0 Å². The quantitative estimate of drug-likeness (QED) is 0.825. The van der Waals surface area contributed by atoms with Crippen LogP contribution in [0, 0.1) is 22.7 Å². The summed E-state index contributed by atoms with van der Waals surface area (Å²) in [5.41, 5.74) is 11.1. The van der Waals surface area contributed by atoms with Crippen LogP contribution in [0.1, 0.15) is 51.6 Å². The number of hydrogen-bond acceptors (Lipinski definition) is 2. The van der Waals surface area contributed by atoms with Gasteiger partial charge in [-0.3, -0.25) is 5.43 Å². The topological polar surface area (TPSA) is 29.0 Å². The fourth-order valence-corrected chi connectivity index (χ4v) is 6.52. The molecule has 1 aromatic carbocycles. The molecule has 1 aliphatic heterocycles. The van der Waals surface area contributed by atoms with Crippen molar-refractivity contribution in [3.05, 3.63) is 36.0 Å². The normalized spacial score (nSPS) is 40.2. The van der Waals surface area contributed by atoms with Crippen molar-refractivity contribution in [1.82, 2.24) is 15.4 Å². The Morgan fingerprint density at radius 1 is 1.12 bits per heavy atom. The molecule has 0 spiro atoms. The van der Waals surface area contributed by atoms with Gasteiger partial charge in [0.25, 0.3) is 0 Å². The van der Waals surface area contributed by atoms with Crippen molar-refractivity contribution in [2.45, 2.75) is 52.1 Å². The summed E-state index contributed by atoms with van der Waals surface area (Å²) in [5.74, 6) is 1.66. The van der Waals surface area contributed by atoms with Gasteiger partial charge < -0.3 is 4.57 Å². The molecule has 128 valence electrons. The average molecular weight is 323 g/mol. The van der Waals surface area contributed by atoms with Crippen LogP contribution < -0.4 is 10.9 Å². The molecule has 2 bridgehead atoms. The van der Waals surface area contributed by atoms with Crippen molar-refractivity contribution in [2.75, 3.05) is 0 Å². The number of nitrogens with zero attached hydrogens (tertiary/aromatic N) is 1. The molecule has 1 aromatic heterocycles. The average Bonchev–Trinajstić information content (AvgIpc) is 3.09. The summed E-state index contributed by atoms with van der Waals surface area (Å²) in [7, 11) is 2.16. The summed E-state index contributed by atoms with van der Waals surface area (Å²) in [5, 5.41) is 1.39. The van der Waals surface area contributed by atoms with Crippen molar-refractivity contribution in [3.63, 3.8) is 0 Å². The molecule has 3 heteroatoms. The van der Waals surface area contributed by atoms with Gasteiger partial charge in [-0.2, -0.15) is 0 Å². The first-order valence-corrected chi connectivity index (χ1v) is 9.48. The van der Waals surface area contributed by atoms with Gasteiger partial charge in [0, 0.05) is 36.2 Å². The molecular formula is C21H29N3. The highest BCUT2D eigenvalue weighted by Crippen LogP contribution is 2.69. The second-order valence-electron chi connectivity index (χ2n) is 9.22. The van der Waals surface area contributed by atoms with Crippen LogP contribution in [0.25, 0.3) is 10.9 Å². The maximum absolute atomic E-state index is 3.77. The number of rotatable bonds is 1. The molecule has 3 aliphatic rings. The number of hydrazine groups is 1. The lowest BCUT2D eigenvalue weighted by atomic mass is 9.69. The minimum atomic E-state index is 0.413. The molecule has 2 aliphatic carbocycles. The highest BCUT2D eigenvalue weighted by molar-refractivity contribution is 5.84. The molecule has 5 rings (SSSR count). The third kappa shape index (κ3) is 1.65. The van der Waals surface area contributed by atoms with E-state index in [9.17, 15) is 0 Å². The number of fused-ring (bicyclic) bond motifs is 6. The van der Waals surface area contributed by atoms with E-state index >= 15 is 0 Å². The minimum Gasteiger partial charge on any atom is -0.350 e. The van der Waals surface area contributed by atoms with Gasteiger partial charge in [-0.1, -0.05) is 39.0 Å². The molecule has 5 atom stereocenters. The van der Waals surface area contributed by atoms with Gasteiger partial charge in [-0.05, 0) is 53.6 Å². The Bertz CT molecular complexity index is 805. The van der Waals surface area contributed by atoms with E-state index in [4.69, 9.17) is 0 Å². The van der Waals surface area contributed by atoms with Gasteiger partial charge in [0.2, 0.25) is 0 Å². The Hall–Kier alpha value is -1.32. The number of aryl methyl sites for hydroxylation is 1. The van der Waals surface area contributed by atoms with Crippen LogP contribution in [0.5, 0.6) is 0 Å². The Morgan fingerprint density at radius 2 is 1.92 bits per heavy atom. The lowest BCUT2D eigenvalue weighted by molar-refractivity contribution is 0.0807. The third-order valence-corrected chi connectivity index (χ3v) is 8.23. The lowest BCUT2D eigenvalue weighted by Crippen LogP contribution is -2.57. The lowest BCUT2D eigenvalue weighted by Gasteiger charge is -2.45. The van der Waals surface area contributed by atoms with E-state index in [1.807, 2.05) is 0 Å². The van der Waals surface area contributed by atoms with Crippen molar-refractivity contribution < 1.29 is 0 Å². The molecule has 0 amide bonds. The predicted molar refractivity (Wildman–Crippen MR) is 98.4 cm³/mol. The Labute approximate surface area is 144 Å². The second kappa shape index (κ2) is 4.64. The van der Waals surface area contributed by atoms with E-state index in [2.05, 4.69) is 73.7 Å². The van der Waals surface area contributed by atoms with E-state index in [-0.39, 0.29) is 0 Å². The number of nitrogens with one attached hydrogen (secondary N) is 2. The molecule has 3 unspecified atom stereocenters. The van der Waals surface area contributed by atoms with Crippen LogP contribution >= 0.6 is 0 Å². The van der Waals surface area contributed by atoms with Crippen molar-refractivity contribution in [3.8, 4) is 0 Å². The summed E-state index contributed by atoms with van der Waals surface area (Å²) in [6, 6.07) is 9.82. The summed E-state index contributed by atoms with van der Waals surface area (Å²) in [6.07, 6.45) is 6.37. The molecule has 1 saturated heterocycles. The summed E-state index contributed by atoms with van der Waals surface area (Å²) >= 11 is 0. The number of benzene rings is 1. The van der Waals surface area contributed by atoms with Crippen LogP contribution in [0.3, 0.4) is 0 Å². The van der Waals surface area contributed by atoms with Gasteiger partial charge in [0.1, 0.15) is 0 Å². The zero-order valence-corrected chi connectivity index (χ0v) is 15.3. The number of hydrogen-bond donors (Lipinski definition) is 2. The predicted octanol–water partition coefficient (Wildman–Crippen LogP) is 4.16. The highest BCUT2D eigenvalue weighted by atomic mass is 15.4. The fraction of sp³-hybridized carbons (Fsp3) is 0.619. The van der Waals surface area contributed by atoms with Crippen molar-refractivity contribution in [2.24, 2.45) is 29.7 Å². The first-order chi connectivity index (χ1) is 11.4. The molecule has 2 aromatic rings. The molecule has 3 fully saturated rings. The van der Waals surface area contributed by atoms with Gasteiger partial charge >= 0.3 is 0 Å². The van der Waals surface area contributed by atoms with Crippen LogP contribution in [0.15, 0.2) is 30.5 Å². The van der Waals surface area contributed by atoms with Crippen molar-refractivity contribution in [1.29, 1.82) is 0 Å². The Morgan fingerprint density at radius 3 is 2.75 bits per heavy atom. The van der Waals surface area contributed by atoms with Crippen LogP contribution in [0.4, 0.5) is 0 Å².